The summed E-state index contributed by atoms with van der Waals surface area (Å²) in [6.45, 7) is 6.37. The molecule has 2 N–H and O–H groups in total. The molecule has 1 aliphatic heterocycles. The van der Waals surface area contributed by atoms with E-state index in [-0.39, 0.29) is 59.8 Å². The SMILES string of the molecule is COc1ccc(S(=O)(=O)Nc2ccc3c(c2)C(=O)N([C@@H](C)CO)C[C@@H](C)[C@H](CN(C)C(=O)Cc2ccccc2)OCCCC[C@H](C)O3)cc1. The summed E-state index contributed by atoms with van der Waals surface area (Å²) in [5.41, 5.74) is 1.28. The van der Waals surface area contributed by atoms with Gasteiger partial charge in [-0.2, -0.15) is 0 Å². The number of nitrogens with one attached hydrogen (secondary N) is 1. The van der Waals surface area contributed by atoms with E-state index in [4.69, 9.17) is 14.2 Å². The van der Waals surface area contributed by atoms with Gasteiger partial charge in [0.05, 0.1) is 48.8 Å². The third-order valence-corrected chi connectivity index (χ3v) is 10.1. The lowest BCUT2D eigenvalue weighted by atomic mass is 10.0. The van der Waals surface area contributed by atoms with Crippen molar-refractivity contribution in [1.82, 2.24) is 9.80 Å². The number of rotatable bonds is 10. The molecular weight excluding hydrogens is 646 g/mol. The second-order valence-corrected chi connectivity index (χ2v) is 14.4. The van der Waals surface area contributed by atoms with Gasteiger partial charge in [-0.05, 0) is 81.1 Å². The number of carbonyl (C=O) groups is 2. The number of anilines is 1. The average Bonchev–Trinajstić information content (AvgIpc) is 3.09. The van der Waals surface area contributed by atoms with E-state index in [0.29, 0.717) is 31.1 Å². The second-order valence-electron chi connectivity index (χ2n) is 12.7. The zero-order valence-corrected chi connectivity index (χ0v) is 29.8. The fourth-order valence-electron chi connectivity index (χ4n) is 5.69. The maximum Gasteiger partial charge on any atom is 0.261 e. The number of nitrogens with zero attached hydrogens (tertiary/aromatic N) is 2. The Labute approximate surface area is 290 Å². The van der Waals surface area contributed by atoms with Gasteiger partial charge in [-0.15, -0.1) is 0 Å². The highest BCUT2D eigenvalue weighted by molar-refractivity contribution is 7.92. The van der Waals surface area contributed by atoms with Gasteiger partial charge in [-0.3, -0.25) is 14.3 Å². The molecule has 0 radical (unpaired) electrons. The van der Waals surface area contributed by atoms with E-state index in [1.807, 2.05) is 44.2 Å². The van der Waals surface area contributed by atoms with E-state index < -0.39 is 22.0 Å². The topological polar surface area (TPSA) is 135 Å². The lowest BCUT2D eigenvalue weighted by molar-refractivity contribution is -0.131. The first-order valence-corrected chi connectivity index (χ1v) is 18.2. The molecule has 12 heteroatoms. The summed E-state index contributed by atoms with van der Waals surface area (Å²) in [7, 11) is -0.733. The monoisotopic (exact) mass is 695 g/mol. The predicted molar refractivity (Wildman–Crippen MR) is 188 cm³/mol. The van der Waals surface area contributed by atoms with Gasteiger partial charge in [-0.25, -0.2) is 8.42 Å². The zero-order chi connectivity index (χ0) is 35.6. The number of aliphatic hydroxyl groups excluding tert-OH is 1. The normalized spacial score (nSPS) is 19.9. The van der Waals surface area contributed by atoms with Gasteiger partial charge >= 0.3 is 0 Å². The summed E-state index contributed by atoms with van der Waals surface area (Å²) < 4.78 is 46.9. The van der Waals surface area contributed by atoms with Gasteiger partial charge in [0, 0.05) is 38.3 Å². The van der Waals surface area contributed by atoms with Crippen LogP contribution in [0.1, 0.15) is 56.0 Å². The van der Waals surface area contributed by atoms with Crippen LogP contribution in [0.25, 0.3) is 0 Å². The first-order chi connectivity index (χ1) is 23.4. The van der Waals surface area contributed by atoms with Crippen LogP contribution < -0.4 is 14.2 Å². The number of sulfonamides is 1. The van der Waals surface area contributed by atoms with Crippen molar-refractivity contribution in [2.24, 2.45) is 5.92 Å². The Hall–Kier alpha value is -4.13. The van der Waals surface area contributed by atoms with Crippen LogP contribution >= 0.6 is 0 Å². The van der Waals surface area contributed by atoms with Crippen LogP contribution in [0.5, 0.6) is 11.5 Å². The Morgan fingerprint density at radius 3 is 2.47 bits per heavy atom. The van der Waals surface area contributed by atoms with Crippen LogP contribution in [-0.4, -0.2) is 93.8 Å². The minimum Gasteiger partial charge on any atom is -0.497 e. The molecule has 0 spiro atoms. The van der Waals surface area contributed by atoms with Crippen LogP contribution in [0.2, 0.25) is 0 Å². The molecule has 0 fully saturated rings. The number of benzene rings is 3. The highest BCUT2D eigenvalue weighted by atomic mass is 32.2. The molecule has 49 heavy (non-hydrogen) atoms. The molecule has 11 nitrogen and oxygen atoms in total. The Balaban J connectivity index is 1.63. The van der Waals surface area contributed by atoms with Gasteiger partial charge in [0.1, 0.15) is 11.5 Å². The summed E-state index contributed by atoms with van der Waals surface area (Å²) >= 11 is 0. The molecule has 0 saturated carbocycles. The molecule has 3 aromatic rings. The molecule has 3 aromatic carbocycles. The standard InChI is InChI=1S/C37H49N3O8S/c1-26-23-40(27(2)25-41)37(43)33-22-30(38-49(44,45)32-17-15-31(46-5)16-18-32)14-19-34(33)48-28(3)11-9-10-20-47-35(26)24-39(4)36(42)21-29-12-7-6-8-13-29/h6-8,12-19,22,26-28,35,38,41H,9-11,20-21,23-25H2,1-5H3/t26-,27+,28+,35+/m1/s1. The van der Waals surface area contributed by atoms with E-state index in [0.717, 1.165) is 18.4 Å². The summed E-state index contributed by atoms with van der Waals surface area (Å²) in [6.07, 6.45) is 1.95. The average molecular weight is 696 g/mol. The number of methoxy groups -OCH3 is 1. The molecule has 0 aliphatic carbocycles. The van der Waals surface area contributed by atoms with Gasteiger partial charge in [0.25, 0.3) is 15.9 Å². The smallest absolute Gasteiger partial charge is 0.261 e. The molecular formula is C37H49N3O8S. The van der Waals surface area contributed by atoms with Gasteiger partial charge in [-0.1, -0.05) is 37.3 Å². The van der Waals surface area contributed by atoms with Gasteiger partial charge in [0.2, 0.25) is 5.91 Å². The molecule has 4 atom stereocenters. The fraction of sp³-hybridized carbons (Fsp3) is 0.459. The van der Waals surface area contributed by atoms with Crippen LogP contribution in [0.15, 0.2) is 77.7 Å². The summed E-state index contributed by atoms with van der Waals surface area (Å²) in [5.74, 6) is 0.150. The zero-order valence-electron chi connectivity index (χ0n) is 29.0. The van der Waals surface area contributed by atoms with Crippen molar-refractivity contribution < 1.29 is 37.3 Å². The van der Waals surface area contributed by atoms with Crippen molar-refractivity contribution in [1.29, 1.82) is 0 Å². The molecule has 0 unspecified atom stereocenters. The van der Waals surface area contributed by atoms with Gasteiger partial charge < -0.3 is 29.1 Å². The quantitative estimate of drug-likeness (QED) is 0.303. The van der Waals surface area contributed by atoms with E-state index >= 15 is 0 Å². The molecule has 2 amide bonds. The second kappa shape index (κ2) is 17.5. The largest absolute Gasteiger partial charge is 0.497 e. The first kappa shape index (κ1) is 37.7. The molecule has 0 saturated heterocycles. The van der Waals surface area contributed by atoms with Crippen molar-refractivity contribution in [2.75, 3.05) is 45.2 Å². The molecule has 4 rings (SSSR count). The molecule has 1 heterocycles. The number of carbonyl (C=O) groups excluding carboxylic acids is 2. The molecule has 0 aromatic heterocycles. The Bertz CT molecular complexity index is 1640. The Morgan fingerprint density at radius 2 is 1.80 bits per heavy atom. The third kappa shape index (κ3) is 10.4. The van der Waals surface area contributed by atoms with E-state index in [9.17, 15) is 23.1 Å². The number of hydrogen-bond acceptors (Lipinski definition) is 8. The first-order valence-electron chi connectivity index (χ1n) is 16.7. The summed E-state index contributed by atoms with van der Waals surface area (Å²) in [6, 6.07) is 19.6. The Kier molecular flexibility index (Phi) is 13.5. The minimum absolute atomic E-state index is 0.0344. The van der Waals surface area contributed by atoms with Crippen molar-refractivity contribution in [3.05, 3.63) is 83.9 Å². The van der Waals surface area contributed by atoms with Crippen molar-refractivity contribution >= 4 is 27.5 Å². The van der Waals surface area contributed by atoms with E-state index in [2.05, 4.69) is 4.72 Å². The summed E-state index contributed by atoms with van der Waals surface area (Å²) in [4.78, 5) is 30.8. The maximum absolute atomic E-state index is 14.4. The van der Waals surface area contributed by atoms with E-state index in [1.54, 1.807) is 48.0 Å². The number of hydrogen-bond donors (Lipinski definition) is 2. The number of ether oxygens (including phenoxy) is 3. The molecule has 0 bridgehead atoms. The summed E-state index contributed by atoms with van der Waals surface area (Å²) in [5, 5.41) is 10.2. The van der Waals surface area contributed by atoms with Crippen LogP contribution in [0, 0.1) is 5.92 Å². The van der Waals surface area contributed by atoms with Crippen LogP contribution in [0.3, 0.4) is 0 Å². The van der Waals surface area contributed by atoms with Crippen molar-refractivity contribution in [3.8, 4) is 11.5 Å². The number of likely N-dealkylation sites (N-methyl/N-ethyl adjacent to an activating group) is 1. The third-order valence-electron chi connectivity index (χ3n) is 8.75. The van der Waals surface area contributed by atoms with Crippen LogP contribution in [0.4, 0.5) is 5.69 Å². The maximum atomic E-state index is 14.4. The predicted octanol–water partition coefficient (Wildman–Crippen LogP) is 4.99. The highest BCUT2D eigenvalue weighted by Gasteiger charge is 2.31. The van der Waals surface area contributed by atoms with Crippen molar-refractivity contribution in [2.45, 2.75) is 69.6 Å². The lowest BCUT2D eigenvalue weighted by Crippen LogP contribution is -2.48. The molecule has 266 valence electrons. The minimum atomic E-state index is -3.99. The number of fused-ring (bicyclic) bond motifs is 1. The Morgan fingerprint density at radius 1 is 1.08 bits per heavy atom. The fourth-order valence-corrected chi connectivity index (χ4v) is 6.74. The highest BCUT2D eigenvalue weighted by Crippen LogP contribution is 2.30. The van der Waals surface area contributed by atoms with Gasteiger partial charge in [0.15, 0.2) is 0 Å². The lowest BCUT2D eigenvalue weighted by Gasteiger charge is -2.36. The van der Waals surface area contributed by atoms with Crippen molar-refractivity contribution in [3.63, 3.8) is 0 Å². The number of aliphatic hydroxyl groups is 1. The van der Waals surface area contributed by atoms with E-state index in [1.165, 1.54) is 25.3 Å². The van der Waals surface area contributed by atoms with Crippen LogP contribution in [-0.2, 0) is 26.0 Å². The molecule has 1 aliphatic rings. The number of amides is 2.